The minimum Gasteiger partial charge on any atom is -0.454 e. The van der Waals surface area contributed by atoms with Gasteiger partial charge in [-0.2, -0.15) is 11.8 Å². The van der Waals surface area contributed by atoms with Crippen molar-refractivity contribution in [1.82, 2.24) is 4.90 Å². The minimum absolute atomic E-state index is 0.156. The fraction of sp³-hybridized carbons (Fsp3) is 0.286. The van der Waals surface area contributed by atoms with Crippen molar-refractivity contribution < 1.29 is 14.3 Å². The van der Waals surface area contributed by atoms with Crippen LogP contribution in [0, 0.1) is 0 Å². The van der Waals surface area contributed by atoms with Gasteiger partial charge in [0.2, 0.25) is 6.79 Å². The smallest absolute Gasteiger partial charge is 0.263 e. The number of carbonyl (C=O) groups is 1. The zero-order chi connectivity index (χ0) is 18.2. The summed E-state index contributed by atoms with van der Waals surface area (Å²) in [5, 5.41) is 1.52. The topological polar surface area (TPSA) is 38.8 Å². The Kier molecular flexibility index (Phi) is 4.45. The van der Waals surface area contributed by atoms with Gasteiger partial charge in [-0.25, -0.2) is 0 Å². The Hall–Kier alpha value is -2.18. The maximum Gasteiger partial charge on any atom is 0.263 e. The van der Waals surface area contributed by atoms with Crippen LogP contribution in [0.15, 0.2) is 48.5 Å². The number of thiophene rings is 1. The molecule has 2 aliphatic rings. The molecule has 0 radical (unpaired) electrons. The van der Waals surface area contributed by atoms with E-state index in [1.165, 1.54) is 10.3 Å². The fourth-order valence-corrected chi connectivity index (χ4v) is 5.85. The number of hydrogen-bond donors (Lipinski definition) is 0. The SMILES string of the molecule is O=C(c1cc2ccccc2s1)N1CCSC(c2ccc3c(c2)OCO3)CC1. The molecule has 0 spiro atoms. The van der Waals surface area contributed by atoms with Crippen molar-refractivity contribution in [2.24, 2.45) is 0 Å². The summed E-state index contributed by atoms with van der Waals surface area (Å²) >= 11 is 3.51. The Morgan fingerprint density at radius 1 is 1.04 bits per heavy atom. The van der Waals surface area contributed by atoms with E-state index < -0.39 is 0 Å². The Morgan fingerprint density at radius 3 is 2.85 bits per heavy atom. The van der Waals surface area contributed by atoms with Gasteiger partial charge in [-0.3, -0.25) is 4.79 Å². The van der Waals surface area contributed by atoms with Gasteiger partial charge >= 0.3 is 0 Å². The van der Waals surface area contributed by atoms with E-state index in [2.05, 4.69) is 24.3 Å². The van der Waals surface area contributed by atoms with Crippen LogP contribution in [0.25, 0.3) is 10.1 Å². The van der Waals surface area contributed by atoms with E-state index in [9.17, 15) is 4.79 Å². The van der Waals surface area contributed by atoms with Crippen LogP contribution in [0.2, 0.25) is 0 Å². The molecular weight excluding hydrogens is 378 g/mol. The van der Waals surface area contributed by atoms with Gasteiger partial charge in [-0.15, -0.1) is 11.3 Å². The lowest BCUT2D eigenvalue weighted by atomic mass is 10.1. The van der Waals surface area contributed by atoms with Gasteiger partial charge in [0.1, 0.15) is 0 Å². The van der Waals surface area contributed by atoms with E-state index in [-0.39, 0.29) is 5.91 Å². The van der Waals surface area contributed by atoms with E-state index in [4.69, 9.17) is 9.47 Å². The van der Waals surface area contributed by atoms with Crippen LogP contribution < -0.4 is 9.47 Å². The van der Waals surface area contributed by atoms with Gasteiger partial charge in [0, 0.05) is 28.8 Å². The first-order chi connectivity index (χ1) is 13.3. The molecule has 1 fully saturated rings. The summed E-state index contributed by atoms with van der Waals surface area (Å²) < 4.78 is 12.1. The molecule has 0 N–H and O–H groups in total. The lowest BCUT2D eigenvalue weighted by molar-refractivity contribution is 0.0771. The van der Waals surface area contributed by atoms with Gasteiger partial charge in [0.15, 0.2) is 11.5 Å². The molecule has 4 nitrogen and oxygen atoms in total. The van der Waals surface area contributed by atoms with Crippen molar-refractivity contribution in [2.45, 2.75) is 11.7 Å². The molecule has 3 aromatic rings. The molecule has 6 heteroatoms. The fourth-order valence-electron chi connectivity index (χ4n) is 3.60. The highest BCUT2D eigenvalue weighted by Gasteiger charge is 2.25. The quantitative estimate of drug-likeness (QED) is 0.613. The molecule has 1 atom stereocenters. The largest absolute Gasteiger partial charge is 0.454 e. The van der Waals surface area contributed by atoms with Crippen LogP contribution >= 0.6 is 23.1 Å². The standard InChI is InChI=1S/C21H19NO3S2/c23-21(20-12-14-3-1-2-4-19(14)27-20)22-8-7-18(26-10-9-22)15-5-6-16-17(11-15)25-13-24-16/h1-6,11-12,18H,7-10,13H2. The monoisotopic (exact) mass is 397 g/mol. The zero-order valence-electron chi connectivity index (χ0n) is 14.7. The third kappa shape index (κ3) is 3.28. The predicted molar refractivity (Wildman–Crippen MR) is 110 cm³/mol. The van der Waals surface area contributed by atoms with Crippen LogP contribution in [0.5, 0.6) is 11.5 Å². The summed E-state index contributed by atoms with van der Waals surface area (Å²) in [6.07, 6.45) is 0.945. The molecule has 1 amide bonds. The molecule has 1 aromatic heterocycles. The Labute approximate surface area is 166 Å². The number of carbonyl (C=O) groups excluding carboxylic acids is 1. The van der Waals surface area contributed by atoms with Crippen LogP contribution in [0.4, 0.5) is 0 Å². The van der Waals surface area contributed by atoms with Crippen molar-refractivity contribution in [3.8, 4) is 11.5 Å². The molecule has 138 valence electrons. The summed E-state index contributed by atoms with van der Waals surface area (Å²) in [4.78, 5) is 15.8. The molecular formula is C21H19NO3S2. The van der Waals surface area contributed by atoms with Crippen LogP contribution in [0.3, 0.4) is 0 Å². The summed E-state index contributed by atoms with van der Waals surface area (Å²) in [5.41, 5.74) is 1.25. The highest BCUT2D eigenvalue weighted by molar-refractivity contribution is 7.99. The van der Waals surface area contributed by atoms with Crippen molar-refractivity contribution in [1.29, 1.82) is 0 Å². The van der Waals surface area contributed by atoms with Crippen LogP contribution in [0.1, 0.15) is 26.9 Å². The lowest BCUT2D eigenvalue weighted by Gasteiger charge is -2.19. The molecule has 1 saturated heterocycles. The zero-order valence-corrected chi connectivity index (χ0v) is 16.4. The van der Waals surface area contributed by atoms with Gasteiger partial charge < -0.3 is 14.4 Å². The first-order valence-corrected chi connectivity index (χ1v) is 10.9. The number of ether oxygens (including phenoxy) is 2. The molecule has 5 rings (SSSR count). The Morgan fingerprint density at radius 2 is 1.93 bits per heavy atom. The summed E-state index contributed by atoms with van der Waals surface area (Å²) in [6, 6.07) is 16.4. The van der Waals surface area contributed by atoms with Crippen molar-refractivity contribution >= 4 is 39.1 Å². The van der Waals surface area contributed by atoms with Gasteiger partial charge in [0.25, 0.3) is 5.91 Å². The maximum absolute atomic E-state index is 13.0. The minimum atomic E-state index is 0.156. The number of fused-ring (bicyclic) bond motifs is 2. The second kappa shape index (κ2) is 7.09. The number of thioether (sulfide) groups is 1. The summed E-state index contributed by atoms with van der Waals surface area (Å²) in [7, 11) is 0. The third-order valence-electron chi connectivity index (χ3n) is 5.03. The molecule has 2 aromatic carbocycles. The first kappa shape index (κ1) is 17.0. The van der Waals surface area contributed by atoms with Crippen LogP contribution in [-0.4, -0.2) is 36.4 Å². The Bertz CT molecular complexity index is 967. The summed E-state index contributed by atoms with van der Waals surface area (Å²) in [6.45, 7) is 1.87. The highest BCUT2D eigenvalue weighted by atomic mass is 32.2. The van der Waals surface area contributed by atoms with Crippen molar-refractivity contribution in [3.05, 3.63) is 59.0 Å². The van der Waals surface area contributed by atoms with Crippen molar-refractivity contribution in [3.63, 3.8) is 0 Å². The second-order valence-corrected chi connectivity index (χ2v) is 9.10. The lowest BCUT2D eigenvalue weighted by Crippen LogP contribution is -2.32. The van der Waals surface area contributed by atoms with E-state index >= 15 is 0 Å². The third-order valence-corrected chi connectivity index (χ3v) is 7.47. The van der Waals surface area contributed by atoms with E-state index in [0.717, 1.165) is 47.0 Å². The van der Waals surface area contributed by atoms with Gasteiger partial charge in [-0.1, -0.05) is 24.3 Å². The van der Waals surface area contributed by atoms with E-state index in [1.807, 2.05) is 40.9 Å². The second-order valence-electron chi connectivity index (χ2n) is 6.70. The van der Waals surface area contributed by atoms with E-state index in [0.29, 0.717) is 12.0 Å². The number of amides is 1. The number of nitrogens with zero attached hydrogens (tertiary/aromatic N) is 1. The molecule has 1 unspecified atom stereocenters. The molecule has 2 aliphatic heterocycles. The molecule has 0 saturated carbocycles. The average molecular weight is 398 g/mol. The predicted octanol–water partition coefficient (Wildman–Crippen LogP) is 4.95. The first-order valence-electron chi connectivity index (χ1n) is 9.07. The molecule has 27 heavy (non-hydrogen) atoms. The van der Waals surface area contributed by atoms with Gasteiger partial charge in [0.05, 0.1) is 4.88 Å². The molecule has 0 aliphatic carbocycles. The maximum atomic E-state index is 13.0. The van der Waals surface area contributed by atoms with Crippen LogP contribution in [-0.2, 0) is 0 Å². The summed E-state index contributed by atoms with van der Waals surface area (Å²) in [5.74, 6) is 2.74. The normalized spacial score (nSPS) is 19.3. The molecule has 0 bridgehead atoms. The number of hydrogen-bond acceptors (Lipinski definition) is 5. The highest BCUT2D eigenvalue weighted by Crippen LogP contribution is 2.40. The van der Waals surface area contributed by atoms with Crippen molar-refractivity contribution in [2.75, 3.05) is 25.6 Å². The van der Waals surface area contributed by atoms with Gasteiger partial charge in [-0.05, 0) is 41.6 Å². The number of benzene rings is 2. The van der Waals surface area contributed by atoms with E-state index in [1.54, 1.807) is 11.3 Å². The molecule has 3 heterocycles. The Balaban J connectivity index is 1.31. The number of rotatable bonds is 2. The average Bonchev–Trinajstić information content (AvgIpc) is 3.27.